The van der Waals surface area contributed by atoms with Crippen LogP contribution in [0.2, 0.25) is 0 Å². The summed E-state index contributed by atoms with van der Waals surface area (Å²) < 4.78 is 0. The van der Waals surface area contributed by atoms with Crippen LogP contribution < -0.4 is 4.90 Å². The van der Waals surface area contributed by atoms with Crippen molar-refractivity contribution in [1.29, 1.82) is 0 Å². The molecule has 29 heavy (non-hydrogen) atoms. The van der Waals surface area contributed by atoms with Gasteiger partial charge in [-0.2, -0.15) is 0 Å². The highest BCUT2D eigenvalue weighted by molar-refractivity contribution is 6.07. The number of likely N-dealkylation sites (N-methyl/N-ethyl adjacent to an activating group) is 2. The largest absolute Gasteiger partial charge is 0.373 e. The van der Waals surface area contributed by atoms with Crippen LogP contribution in [0.3, 0.4) is 0 Å². The van der Waals surface area contributed by atoms with Crippen molar-refractivity contribution in [3.8, 4) is 11.3 Å². The molecule has 1 heterocycles. The van der Waals surface area contributed by atoms with E-state index in [9.17, 15) is 4.79 Å². The molecule has 0 radical (unpaired) electrons. The molecule has 0 aliphatic heterocycles. The monoisotopic (exact) mass is 385 g/mol. The lowest BCUT2D eigenvalue weighted by Gasteiger charge is -2.21. The lowest BCUT2D eigenvalue weighted by Crippen LogP contribution is -2.28. The number of ketones is 1. The van der Waals surface area contributed by atoms with Crippen LogP contribution in [0.5, 0.6) is 0 Å². The van der Waals surface area contributed by atoms with E-state index in [4.69, 9.17) is 0 Å². The Bertz CT molecular complexity index is 946. The molecule has 3 rings (SSSR count). The Balaban J connectivity index is 1.61. The molecule has 4 heteroatoms. The maximum atomic E-state index is 12.5. The Kier molecular flexibility index (Phi) is 6.93. The zero-order valence-corrected chi connectivity index (χ0v) is 17.2. The molecule has 0 aliphatic rings. The number of hydrogen-bond acceptors (Lipinski definition) is 4. The van der Waals surface area contributed by atoms with Crippen molar-refractivity contribution in [3.63, 3.8) is 0 Å². The van der Waals surface area contributed by atoms with Gasteiger partial charge in [-0.25, -0.2) is 0 Å². The van der Waals surface area contributed by atoms with E-state index in [1.807, 2.05) is 72.8 Å². The van der Waals surface area contributed by atoms with Crippen LogP contribution in [0, 0.1) is 0 Å². The lowest BCUT2D eigenvalue weighted by molar-refractivity contribution is 0.104. The Morgan fingerprint density at radius 2 is 1.62 bits per heavy atom. The minimum Gasteiger partial charge on any atom is -0.373 e. The standard InChI is InChI=1S/C25H27N3O/c1-27(2)18-19-28(3)23-14-12-22(13-15-23)25(29)16-9-20-7-10-21(11-8-20)24-6-4-5-17-26-24/h4-17H,18-19H2,1-3H3. The molecule has 0 spiro atoms. The van der Waals surface area contributed by atoms with Crippen molar-refractivity contribution in [3.05, 3.63) is 90.1 Å². The number of carbonyl (C=O) groups excluding carboxylic acids is 1. The van der Waals surface area contributed by atoms with E-state index in [0.717, 1.165) is 35.6 Å². The summed E-state index contributed by atoms with van der Waals surface area (Å²) in [5.74, 6) is 0.00120. The summed E-state index contributed by atoms with van der Waals surface area (Å²) in [4.78, 5) is 21.2. The van der Waals surface area contributed by atoms with Gasteiger partial charge in [-0.05, 0) is 62.1 Å². The van der Waals surface area contributed by atoms with E-state index in [-0.39, 0.29) is 5.78 Å². The lowest BCUT2D eigenvalue weighted by atomic mass is 10.1. The summed E-state index contributed by atoms with van der Waals surface area (Å²) in [5, 5.41) is 0. The topological polar surface area (TPSA) is 36.4 Å². The summed E-state index contributed by atoms with van der Waals surface area (Å²) in [5.41, 5.74) is 4.78. The first-order valence-electron chi connectivity index (χ1n) is 9.73. The number of aromatic nitrogens is 1. The third kappa shape index (κ3) is 5.87. The molecular weight excluding hydrogens is 358 g/mol. The van der Waals surface area contributed by atoms with E-state index in [0.29, 0.717) is 5.56 Å². The van der Waals surface area contributed by atoms with Gasteiger partial charge in [0.1, 0.15) is 0 Å². The van der Waals surface area contributed by atoms with Gasteiger partial charge in [0.2, 0.25) is 0 Å². The molecule has 0 N–H and O–H groups in total. The van der Waals surface area contributed by atoms with Crippen molar-refractivity contribution < 1.29 is 4.79 Å². The SMILES string of the molecule is CN(C)CCN(C)c1ccc(C(=O)C=Cc2ccc(-c3ccccn3)cc2)cc1. The van der Waals surface area contributed by atoms with E-state index >= 15 is 0 Å². The highest BCUT2D eigenvalue weighted by Crippen LogP contribution is 2.18. The van der Waals surface area contributed by atoms with Gasteiger partial charge >= 0.3 is 0 Å². The Morgan fingerprint density at radius 1 is 0.897 bits per heavy atom. The summed E-state index contributed by atoms with van der Waals surface area (Å²) in [6.45, 7) is 1.92. The highest BCUT2D eigenvalue weighted by atomic mass is 16.1. The fourth-order valence-electron chi connectivity index (χ4n) is 2.93. The molecule has 0 saturated heterocycles. The number of nitrogens with zero attached hydrogens (tertiary/aromatic N) is 3. The van der Waals surface area contributed by atoms with E-state index in [1.54, 1.807) is 12.3 Å². The van der Waals surface area contributed by atoms with E-state index in [2.05, 4.69) is 35.9 Å². The third-order valence-corrected chi connectivity index (χ3v) is 4.77. The zero-order valence-electron chi connectivity index (χ0n) is 17.2. The van der Waals surface area contributed by atoms with Crippen molar-refractivity contribution in [2.24, 2.45) is 0 Å². The second kappa shape index (κ2) is 9.80. The summed E-state index contributed by atoms with van der Waals surface area (Å²) in [7, 11) is 6.19. The van der Waals surface area contributed by atoms with Crippen molar-refractivity contribution in [2.75, 3.05) is 39.1 Å². The summed E-state index contributed by atoms with van der Waals surface area (Å²) in [6.07, 6.45) is 5.26. The van der Waals surface area contributed by atoms with Crippen LogP contribution in [0.4, 0.5) is 5.69 Å². The first-order valence-corrected chi connectivity index (χ1v) is 9.73. The summed E-state index contributed by atoms with van der Waals surface area (Å²) >= 11 is 0. The van der Waals surface area contributed by atoms with Crippen LogP contribution in [-0.2, 0) is 0 Å². The maximum absolute atomic E-state index is 12.5. The predicted octanol–water partition coefficient (Wildman–Crippen LogP) is 4.64. The Hall–Kier alpha value is -3.24. The molecule has 0 fully saturated rings. The fourth-order valence-corrected chi connectivity index (χ4v) is 2.93. The van der Waals surface area contributed by atoms with Gasteiger partial charge in [-0.1, -0.05) is 36.4 Å². The van der Waals surface area contributed by atoms with Crippen molar-refractivity contribution in [1.82, 2.24) is 9.88 Å². The molecule has 148 valence electrons. The third-order valence-electron chi connectivity index (χ3n) is 4.77. The number of carbonyl (C=O) groups is 1. The number of pyridine rings is 1. The van der Waals surface area contributed by atoms with Crippen molar-refractivity contribution in [2.45, 2.75) is 0 Å². The minimum absolute atomic E-state index is 0.00120. The smallest absolute Gasteiger partial charge is 0.185 e. The zero-order chi connectivity index (χ0) is 20.6. The number of hydrogen-bond donors (Lipinski definition) is 0. The highest BCUT2D eigenvalue weighted by Gasteiger charge is 2.05. The normalized spacial score (nSPS) is 11.2. The van der Waals surface area contributed by atoms with Crippen molar-refractivity contribution >= 4 is 17.5 Å². The fraction of sp³-hybridized carbons (Fsp3) is 0.200. The number of allylic oxidation sites excluding steroid dienone is 1. The molecule has 0 amide bonds. The van der Waals surface area contributed by atoms with Crippen LogP contribution >= 0.6 is 0 Å². The van der Waals surface area contributed by atoms with Gasteiger partial charge in [-0.3, -0.25) is 9.78 Å². The molecule has 3 aromatic rings. The number of benzene rings is 2. The average molecular weight is 386 g/mol. The maximum Gasteiger partial charge on any atom is 0.185 e. The number of rotatable bonds is 8. The Labute approximate surface area is 173 Å². The summed E-state index contributed by atoms with van der Waals surface area (Å²) in [6, 6.07) is 21.7. The Morgan fingerprint density at radius 3 is 2.24 bits per heavy atom. The molecule has 0 unspecified atom stereocenters. The quantitative estimate of drug-likeness (QED) is 0.418. The van der Waals surface area contributed by atoms with E-state index in [1.165, 1.54) is 0 Å². The van der Waals surface area contributed by atoms with Crippen LogP contribution in [0.25, 0.3) is 17.3 Å². The molecular formula is C25H27N3O. The van der Waals surface area contributed by atoms with Gasteiger partial charge in [0.25, 0.3) is 0 Å². The molecule has 0 saturated carbocycles. The molecule has 1 aromatic heterocycles. The van der Waals surface area contributed by atoms with Crippen LogP contribution in [0.1, 0.15) is 15.9 Å². The first-order chi connectivity index (χ1) is 14.0. The van der Waals surface area contributed by atoms with Gasteiger partial charge < -0.3 is 9.80 Å². The molecule has 2 aromatic carbocycles. The second-order valence-corrected chi connectivity index (χ2v) is 7.31. The van der Waals surface area contributed by atoms with Gasteiger partial charge in [0.15, 0.2) is 5.78 Å². The predicted molar refractivity (Wildman–Crippen MR) is 121 cm³/mol. The second-order valence-electron chi connectivity index (χ2n) is 7.31. The van der Waals surface area contributed by atoms with Crippen LogP contribution in [0.15, 0.2) is 79.0 Å². The van der Waals surface area contributed by atoms with Gasteiger partial charge in [0.05, 0.1) is 5.69 Å². The van der Waals surface area contributed by atoms with Crippen LogP contribution in [-0.4, -0.2) is 49.9 Å². The number of anilines is 1. The van der Waals surface area contributed by atoms with E-state index < -0.39 is 0 Å². The van der Waals surface area contributed by atoms with Gasteiger partial charge in [-0.15, -0.1) is 0 Å². The molecule has 4 nitrogen and oxygen atoms in total. The minimum atomic E-state index is 0.00120. The molecule has 0 atom stereocenters. The molecule has 0 bridgehead atoms. The first kappa shape index (κ1) is 20.5. The average Bonchev–Trinajstić information content (AvgIpc) is 2.77. The van der Waals surface area contributed by atoms with Gasteiger partial charge in [0, 0.05) is 43.1 Å². The molecule has 0 aliphatic carbocycles.